The fourth-order valence-corrected chi connectivity index (χ4v) is 7.30. The topological polar surface area (TPSA) is 63.2 Å². The van der Waals surface area contributed by atoms with Crippen LogP contribution < -0.4 is 0 Å². The molecule has 9 aromatic rings. The molecule has 0 unspecified atom stereocenters. The van der Waals surface area contributed by atoms with Crippen molar-refractivity contribution >= 4 is 43.6 Å². The fourth-order valence-electron chi connectivity index (χ4n) is 7.30. The van der Waals surface area contributed by atoms with Crippen molar-refractivity contribution in [1.29, 1.82) is 0 Å². The maximum atomic E-state index is 3.55. The van der Waals surface area contributed by atoms with Crippen LogP contribution in [0.2, 0.25) is 0 Å². The lowest BCUT2D eigenvalue weighted by Gasteiger charge is -2.22. The number of para-hydroxylation sites is 4. The lowest BCUT2D eigenvalue weighted by atomic mass is 9.80. The molecule has 44 heavy (non-hydrogen) atoms. The lowest BCUT2D eigenvalue weighted by Crippen LogP contribution is -2.07. The maximum absolute atomic E-state index is 3.55. The lowest BCUT2D eigenvalue weighted by molar-refractivity contribution is 0.958. The molecule has 4 heteroatoms. The highest BCUT2D eigenvalue weighted by Crippen LogP contribution is 2.43. The van der Waals surface area contributed by atoms with E-state index < -0.39 is 0 Å². The summed E-state index contributed by atoms with van der Waals surface area (Å²) in [5.41, 5.74) is 12.2. The van der Waals surface area contributed by atoms with Crippen LogP contribution in [0.1, 0.15) is 45.2 Å². The summed E-state index contributed by atoms with van der Waals surface area (Å²) in [7, 11) is 0. The Kier molecular flexibility index (Phi) is 5.60. The molecule has 0 spiro atoms. The van der Waals surface area contributed by atoms with Gasteiger partial charge in [-0.05, 0) is 57.6 Å². The third-order valence-electron chi connectivity index (χ3n) is 9.31. The van der Waals surface area contributed by atoms with E-state index in [4.69, 9.17) is 0 Å². The molecule has 4 heterocycles. The molecule has 0 fully saturated rings. The SMILES string of the molecule is c1cc(C(c2c[nH]c3ccccc23)c2c[nH]c3ccccc23)cc(C(c2c[nH]c3ccccc23)c2c[nH]c3ccccc23)c1. The Morgan fingerprint density at radius 2 is 0.614 bits per heavy atom. The second kappa shape index (κ2) is 9.92. The molecule has 9 rings (SSSR count). The number of fused-ring (bicyclic) bond motifs is 4. The molecular formula is C40H30N4. The Labute approximate surface area is 254 Å². The van der Waals surface area contributed by atoms with Gasteiger partial charge in [0.2, 0.25) is 0 Å². The number of nitrogens with one attached hydrogen (secondary N) is 4. The Bertz CT molecular complexity index is 2120. The highest BCUT2D eigenvalue weighted by molar-refractivity contribution is 5.91. The number of benzene rings is 5. The van der Waals surface area contributed by atoms with Gasteiger partial charge in [0.15, 0.2) is 0 Å². The Hall–Kier alpha value is -5.74. The quantitative estimate of drug-likeness (QED) is 0.155. The van der Waals surface area contributed by atoms with Crippen molar-refractivity contribution in [2.24, 2.45) is 0 Å². The third-order valence-corrected chi connectivity index (χ3v) is 9.31. The number of aromatic amines is 4. The van der Waals surface area contributed by atoms with Crippen LogP contribution in [0.3, 0.4) is 0 Å². The van der Waals surface area contributed by atoms with Crippen molar-refractivity contribution in [1.82, 2.24) is 19.9 Å². The molecule has 0 atom stereocenters. The first-order valence-corrected chi connectivity index (χ1v) is 15.2. The average Bonchev–Trinajstić information content (AvgIpc) is 3.88. The van der Waals surface area contributed by atoms with E-state index in [1.54, 1.807) is 0 Å². The number of rotatable bonds is 6. The number of H-pyrrole nitrogens is 4. The minimum Gasteiger partial charge on any atom is -0.361 e. The van der Waals surface area contributed by atoms with E-state index in [1.165, 1.54) is 54.9 Å². The van der Waals surface area contributed by atoms with Gasteiger partial charge in [-0.1, -0.05) is 97.1 Å². The van der Waals surface area contributed by atoms with Crippen LogP contribution in [0.5, 0.6) is 0 Å². The van der Waals surface area contributed by atoms with E-state index in [1.807, 2.05) is 0 Å². The van der Waals surface area contributed by atoms with Crippen molar-refractivity contribution < 1.29 is 0 Å². The summed E-state index contributed by atoms with van der Waals surface area (Å²) in [5, 5.41) is 4.99. The molecule has 0 aliphatic rings. The van der Waals surface area contributed by atoms with E-state index >= 15 is 0 Å². The first-order valence-electron chi connectivity index (χ1n) is 15.2. The molecule has 0 bridgehead atoms. The second-order valence-electron chi connectivity index (χ2n) is 11.7. The van der Waals surface area contributed by atoms with Crippen LogP contribution in [-0.2, 0) is 0 Å². The molecule has 0 radical (unpaired) electrons. The van der Waals surface area contributed by atoms with Crippen LogP contribution >= 0.6 is 0 Å². The molecule has 5 aromatic carbocycles. The molecule has 210 valence electrons. The van der Waals surface area contributed by atoms with E-state index in [9.17, 15) is 0 Å². The highest BCUT2D eigenvalue weighted by Gasteiger charge is 2.27. The van der Waals surface area contributed by atoms with Gasteiger partial charge in [0.1, 0.15) is 0 Å². The number of hydrogen-bond acceptors (Lipinski definition) is 0. The van der Waals surface area contributed by atoms with Gasteiger partial charge >= 0.3 is 0 Å². The summed E-state index contributed by atoms with van der Waals surface area (Å²) < 4.78 is 0. The number of aromatic nitrogens is 4. The Morgan fingerprint density at radius 3 is 0.932 bits per heavy atom. The van der Waals surface area contributed by atoms with Gasteiger partial charge in [0.05, 0.1) is 0 Å². The summed E-state index contributed by atoms with van der Waals surface area (Å²) in [6, 6.07) is 43.7. The zero-order valence-corrected chi connectivity index (χ0v) is 24.0. The van der Waals surface area contributed by atoms with Crippen LogP contribution in [0, 0.1) is 0 Å². The zero-order valence-electron chi connectivity index (χ0n) is 24.0. The minimum atomic E-state index is 0.0360. The highest BCUT2D eigenvalue weighted by atomic mass is 14.7. The molecule has 0 saturated carbocycles. The van der Waals surface area contributed by atoms with Crippen molar-refractivity contribution in [3.8, 4) is 0 Å². The first-order chi connectivity index (χ1) is 21.8. The summed E-state index contributed by atoms with van der Waals surface area (Å²) in [6.45, 7) is 0. The fraction of sp³-hybridized carbons (Fsp3) is 0.0500. The van der Waals surface area contributed by atoms with E-state index in [-0.39, 0.29) is 11.8 Å². The monoisotopic (exact) mass is 566 g/mol. The standard InChI is InChI=1S/C40H30N4/c1-5-16-35-27(12-1)31(21-41-35)39(32-22-42-36-17-6-2-13-28(32)36)25-10-9-11-26(20-25)40(33-23-43-37-18-7-3-14-29(33)37)34-24-44-38-19-8-4-15-30(34)38/h1-24,39-44H. The Morgan fingerprint density at radius 1 is 0.318 bits per heavy atom. The van der Waals surface area contributed by atoms with Crippen molar-refractivity contribution in [2.75, 3.05) is 0 Å². The van der Waals surface area contributed by atoms with Gasteiger partial charge < -0.3 is 19.9 Å². The smallest absolute Gasteiger partial charge is 0.0457 e. The molecule has 4 N–H and O–H groups in total. The maximum Gasteiger partial charge on any atom is 0.0457 e. The summed E-state index contributed by atoms with van der Waals surface area (Å²) in [6.07, 6.45) is 8.78. The summed E-state index contributed by atoms with van der Waals surface area (Å²) in [4.78, 5) is 14.2. The van der Waals surface area contributed by atoms with Crippen molar-refractivity contribution in [3.63, 3.8) is 0 Å². The van der Waals surface area contributed by atoms with Crippen LogP contribution in [-0.4, -0.2) is 19.9 Å². The van der Waals surface area contributed by atoms with Crippen molar-refractivity contribution in [2.45, 2.75) is 11.8 Å². The van der Waals surface area contributed by atoms with Crippen LogP contribution in [0.15, 0.2) is 146 Å². The summed E-state index contributed by atoms with van der Waals surface area (Å²) >= 11 is 0. The Balaban J connectivity index is 1.29. The van der Waals surface area contributed by atoms with Gasteiger partial charge in [0.25, 0.3) is 0 Å². The van der Waals surface area contributed by atoms with Crippen LogP contribution in [0.25, 0.3) is 43.6 Å². The predicted octanol–water partition coefficient (Wildman–Crippen LogP) is 9.97. The average molecular weight is 567 g/mol. The zero-order chi connectivity index (χ0) is 29.0. The molecule has 0 aliphatic carbocycles. The number of hydrogen-bond donors (Lipinski definition) is 4. The van der Waals surface area contributed by atoms with Gasteiger partial charge in [0, 0.05) is 80.2 Å². The molecule has 0 amide bonds. The third kappa shape index (κ3) is 3.85. The predicted molar refractivity (Wildman–Crippen MR) is 182 cm³/mol. The molecule has 0 saturated heterocycles. The van der Waals surface area contributed by atoms with E-state index in [0.717, 1.165) is 22.1 Å². The molecule has 4 aromatic heterocycles. The van der Waals surface area contributed by atoms with E-state index in [0.29, 0.717) is 0 Å². The summed E-state index contributed by atoms with van der Waals surface area (Å²) in [5.74, 6) is 0.0719. The second-order valence-corrected chi connectivity index (χ2v) is 11.7. The molecular weight excluding hydrogens is 536 g/mol. The molecule has 4 nitrogen and oxygen atoms in total. The first kappa shape index (κ1) is 24.8. The van der Waals surface area contributed by atoms with Gasteiger partial charge in [-0.2, -0.15) is 0 Å². The molecule has 0 aliphatic heterocycles. The van der Waals surface area contributed by atoms with Gasteiger partial charge in [-0.25, -0.2) is 0 Å². The minimum absolute atomic E-state index is 0.0360. The largest absolute Gasteiger partial charge is 0.361 e. The van der Waals surface area contributed by atoms with Crippen molar-refractivity contribution in [3.05, 3.63) is 179 Å². The normalized spacial score (nSPS) is 12.0. The van der Waals surface area contributed by atoms with Crippen LogP contribution in [0.4, 0.5) is 0 Å². The van der Waals surface area contributed by atoms with Gasteiger partial charge in [-0.15, -0.1) is 0 Å². The van der Waals surface area contributed by atoms with E-state index in [2.05, 4.69) is 166 Å². The van der Waals surface area contributed by atoms with Gasteiger partial charge in [-0.3, -0.25) is 0 Å².